The molecule has 4 rings (SSSR count). The van der Waals surface area contributed by atoms with Gasteiger partial charge in [0.25, 0.3) is 0 Å². The number of rotatable bonds is 6. The van der Waals surface area contributed by atoms with Gasteiger partial charge in [-0.15, -0.1) is 5.10 Å². The third-order valence-electron chi connectivity index (χ3n) is 4.00. The van der Waals surface area contributed by atoms with Crippen LogP contribution in [0.1, 0.15) is 11.1 Å². The molecule has 2 aromatic heterocycles. The first-order chi connectivity index (χ1) is 13.3. The Labute approximate surface area is 154 Å². The first-order valence-electron chi connectivity index (χ1n) is 8.30. The van der Waals surface area contributed by atoms with E-state index in [9.17, 15) is 4.79 Å². The van der Waals surface area contributed by atoms with Crippen LogP contribution in [0.15, 0.2) is 67.5 Å². The van der Waals surface area contributed by atoms with E-state index in [1.165, 1.54) is 12.7 Å². The molecule has 0 bridgehead atoms. The number of aromatic nitrogens is 7. The lowest BCUT2D eigenvalue weighted by atomic mass is 10.1. The molecule has 0 aliphatic rings. The normalized spacial score (nSPS) is 10.7. The number of para-hydroxylation sites is 1. The summed E-state index contributed by atoms with van der Waals surface area (Å²) in [5.41, 5.74) is 3.47. The Balaban J connectivity index is 1.42. The summed E-state index contributed by atoms with van der Waals surface area (Å²) in [7, 11) is 0. The van der Waals surface area contributed by atoms with Crippen LogP contribution in [0, 0.1) is 0 Å². The Bertz CT molecular complexity index is 1010. The summed E-state index contributed by atoms with van der Waals surface area (Å²) < 4.78 is 3.27. The van der Waals surface area contributed by atoms with Crippen LogP contribution in [0.3, 0.4) is 0 Å². The molecule has 0 fully saturated rings. The van der Waals surface area contributed by atoms with Crippen molar-refractivity contribution in [2.24, 2.45) is 0 Å². The van der Waals surface area contributed by atoms with E-state index in [1.807, 2.05) is 48.5 Å². The topological polar surface area (TPSA) is 103 Å². The number of nitrogens with one attached hydrogen (secondary N) is 1. The number of benzene rings is 2. The first-order valence-corrected chi connectivity index (χ1v) is 8.30. The van der Waals surface area contributed by atoms with Gasteiger partial charge in [-0.05, 0) is 39.8 Å². The number of anilines is 1. The molecule has 0 unspecified atom stereocenters. The lowest BCUT2D eigenvalue weighted by Gasteiger charge is -2.11. The second-order valence-electron chi connectivity index (χ2n) is 5.90. The minimum Gasteiger partial charge on any atom is -0.325 e. The van der Waals surface area contributed by atoms with Crippen molar-refractivity contribution in [1.29, 1.82) is 0 Å². The fourth-order valence-corrected chi connectivity index (χ4v) is 2.69. The number of amides is 1. The number of nitrogens with zero attached hydrogens (tertiary/aromatic N) is 7. The molecule has 0 aliphatic heterocycles. The quantitative estimate of drug-likeness (QED) is 0.559. The highest BCUT2D eigenvalue weighted by Crippen LogP contribution is 2.17. The van der Waals surface area contributed by atoms with Gasteiger partial charge in [-0.3, -0.25) is 4.79 Å². The molecule has 0 saturated carbocycles. The third-order valence-corrected chi connectivity index (χ3v) is 4.00. The van der Waals surface area contributed by atoms with Gasteiger partial charge in [0.15, 0.2) is 0 Å². The Kier molecular flexibility index (Phi) is 4.64. The van der Waals surface area contributed by atoms with Crippen molar-refractivity contribution in [3.05, 3.63) is 78.6 Å². The van der Waals surface area contributed by atoms with Gasteiger partial charge in [0.05, 0.1) is 18.7 Å². The van der Waals surface area contributed by atoms with E-state index in [0.717, 1.165) is 22.5 Å². The van der Waals surface area contributed by atoms with Crippen LogP contribution in [0.4, 0.5) is 5.69 Å². The number of carbonyl (C=O) groups is 1. The molecule has 134 valence electrons. The monoisotopic (exact) mass is 360 g/mol. The summed E-state index contributed by atoms with van der Waals surface area (Å²) in [6.45, 7) is 0.539. The molecule has 0 aliphatic carbocycles. The van der Waals surface area contributed by atoms with Crippen LogP contribution in [0.5, 0.6) is 0 Å². The molecular weight excluding hydrogens is 344 g/mol. The highest BCUT2D eigenvalue weighted by Gasteiger charge is 2.09. The van der Waals surface area contributed by atoms with Gasteiger partial charge in [0, 0.05) is 5.69 Å². The summed E-state index contributed by atoms with van der Waals surface area (Å²) in [6.07, 6.45) is 4.92. The van der Waals surface area contributed by atoms with Crippen molar-refractivity contribution in [3.63, 3.8) is 0 Å². The molecule has 0 saturated heterocycles. The predicted octanol–water partition coefficient (Wildman–Crippen LogP) is 1.48. The van der Waals surface area contributed by atoms with Gasteiger partial charge in [0.1, 0.15) is 19.0 Å². The molecule has 9 heteroatoms. The molecule has 1 amide bonds. The zero-order valence-corrected chi connectivity index (χ0v) is 14.3. The van der Waals surface area contributed by atoms with Crippen LogP contribution in [-0.4, -0.2) is 40.9 Å². The van der Waals surface area contributed by atoms with Crippen molar-refractivity contribution in [2.75, 3.05) is 5.32 Å². The van der Waals surface area contributed by atoms with Gasteiger partial charge in [-0.2, -0.15) is 5.10 Å². The summed E-state index contributed by atoms with van der Waals surface area (Å²) in [4.78, 5) is 16.4. The summed E-state index contributed by atoms with van der Waals surface area (Å²) in [5.74, 6) is -0.0868. The Morgan fingerprint density at radius 3 is 2.63 bits per heavy atom. The lowest BCUT2D eigenvalue weighted by Crippen LogP contribution is -2.16. The number of carbonyl (C=O) groups excluding carboxylic acids is 1. The van der Waals surface area contributed by atoms with Crippen LogP contribution < -0.4 is 5.32 Å². The van der Waals surface area contributed by atoms with E-state index in [-0.39, 0.29) is 12.3 Å². The van der Waals surface area contributed by atoms with Gasteiger partial charge in [0.2, 0.25) is 5.91 Å². The second-order valence-corrected chi connectivity index (χ2v) is 5.90. The highest BCUT2D eigenvalue weighted by atomic mass is 16.1. The fraction of sp³-hybridized carbons (Fsp3) is 0.111. The van der Waals surface area contributed by atoms with Crippen molar-refractivity contribution >= 4 is 11.6 Å². The smallest absolute Gasteiger partial charge is 0.228 e. The largest absolute Gasteiger partial charge is 0.325 e. The standard InChI is InChI=1S/C18H16N8O/c27-18(9-14-5-7-16(8-6-14)26-13-20-23-24-26)22-17-4-2-1-3-15(17)10-25-12-19-11-21-25/h1-8,11-13H,9-10H2,(H,22,27). The van der Waals surface area contributed by atoms with Gasteiger partial charge in [-0.1, -0.05) is 30.3 Å². The van der Waals surface area contributed by atoms with Crippen LogP contribution in [-0.2, 0) is 17.8 Å². The van der Waals surface area contributed by atoms with Crippen molar-refractivity contribution < 1.29 is 4.79 Å². The first kappa shape index (κ1) is 16.6. The van der Waals surface area contributed by atoms with E-state index in [1.54, 1.807) is 15.7 Å². The molecular formula is C18H16N8O. The van der Waals surface area contributed by atoms with E-state index in [2.05, 4.69) is 30.9 Å². The maximum atomic E-state index is 12.5. The van der Waals surface area contributed by atoms with Crippen LogP contribution >= 0.6 is 0 Å². The molecule has 0 radical (unpaired) electrons. The number of hydrogen-bond acceptors (Lipinski definition) is 6. The van der Waals surface area contributed by atoms with E-state index in [0.29, 0.717) is 6.54 Å². The summed E-state index contributed by atoms with van der Waals surface area (Å²) in [5, 5.41) is 18.1. The minimum atomic E-state index is -0.0868. The molecule has 2 heterocycles. The minimum absolute atomic E-state index is 0.0868. The molecule has 27 heavy (non-hydrogen) atoms. The molecule has 4 aromatic rings. The van der Waals surface area contributed by atoms with E-state index in [4.69, 9.17) is 0 Å². The lowest BCUT2D eigenvalue weighted by molar-refractivity contribution is -0.115. The van der Waals surface area contributed by atoms with Crippen LogP contribution in [0.25, 0.3) is 5.69 Å². The molecule has 0 atom stereocenters. The van der Waals surface area contributed by atoms with Crippen LogP contribution in [0.2, 0.25) is 0 Å². The SMILES string of the molecule is O=C(Cc1ccc(-n2cnnn2)cc1)Nc1ccccc1Cn1cncn1. The zero-order chi connectivity index (χ0) is 18.5. The molecule has 0 spiro atoms. The number of tetrazole rings is 1. The Morgan fingerprint density at radius 2 is 1.89 bits per heavy atom. The molecule has 1 N–H and O–H groups in total. The molecule has 2 aromatic carbocycles. The maximum Gasteiger partial charge on any atom is 0.228 e. The average Bonchev–Trinajstić information content (AvgIpc) is 3.38. The van der Waals surface area contributed by atoms with Gasteiger partial charge >= 0.3 is 0 Å². The van der Waals surface area contributed by atoms with E-state index >= 15 is 0 Å². The Hall–Kier alpha value is -3.88. The Morgan fingerprint density at radius 1 is 1.04 bits per heavy atom. The van der Waals surface area contributed by atoms with Gasteiger partial charge in [-0.25, -0.2) is 14.3 Å². The second kappa shape index (κ2) is 7.56. The zero-order valence-electron chi connectivity index (χ0n) is 14.3. The molecule has 9 nitrogen and oxygen atoms in total. The highest BCUT2D eigenvalue weighted by molar-refractivity contribution is 5.93. The predicted molar refractivity (Wildman–Crippen MR) is 97.1 cm³/mol. The van der Waals surface area contributed by atoms with Crippen molar-refractivity contribution in [1.82, 2.24) is 35.0 Å². The third kappa shape index (κ3) is 4.03. The van der Waals surface area contributed by atoms with Crippen molar-refractivity contribution in [3.8, 4) is 5.69 Å². The number of hydrogen-bond donors (Lipinski definition) is 1. The summed E-state index contributed by atoms with van der Waals surface area (Å²) in [6, 6.07) is 15.2. The fourth-order valence-electron chi connectivity index (χ4n) is 2.69. The maximum absolute atomic E-state index is 12.5. The van der Waals surface area contributed by atoms with Gasteiger partial charge < -0.3 is 5.32 Å². The van der Waals surface area contributed by atoms with Crippen molar-refractivity contribution in [2.45, 2.75) is 13.0 Å². The average molecular weight is 360 g/mol. The van der Waals surface area contributed by atoms with E-state index < -0.39 is 0 Å². The summed E-state index contributed by atoms with van der Waals surface area (Å²) >= 11 is 0.